The largest absolute Gasteiger partial charge is 0.341 e. The van der Waals surface area contributed by atoms with Crippen molar-refractivity contribution in [3.8, 4) is 0 Å². The van der Waals surface area contributed by atoms with Crippen LogP contribution in [0.15, 0.2) is 29.4 Å². The van der Waals surface area contributed by atoms with Gasteiger partial charge in [-0.3, -0.25) is 0 Å². The summed E-state index contributed by atoms with van der Waals surface area (Å²) >= 11 is 1.65. The number of imidazole rings is 1. The standard InChI is InChI=1S/C15H18N6S/c1-2-6-11(7-3-1)21-15(18-19-20-21)22-10-14-16-12-8-4-5-9-13(12)17-14/h4-5,8-9,11H,1-3,6-7,10H2,(H,16,17). The summed E-state index contributed by atoms with van der Waals surface area (Å²) in [7, 11) is 0. The first-order chi connectivity index (χ1) is 10.9. The summed E-state index contributed by atoms with van der Waals surface area (Å²) in [4.78, 5) is 7.95. The quantitative estimate of drug-likeness (QED) is 0.748. The highest BCUT2D eigenvalue weighted by Gasteiger charge is 2.20. The number of aromatic amines is 1. The van der Waals surface area contributed by atoms with Gasteiger partial charge in [-0.05, 0) is 35.4 Å². The summed E-state index contributed by atoms with van der Waals surface area (Å²) in [6, 6.07) is 8.54. The molecule has 1 fully saturated rings. The number of benzene rings is 1. The van der Waals surface area contributed by atoms with Crippen LogP contribution in [-0.2, 0) is 5.75 Å². The number of hydrogen-bond acceptors (Lipinski definition) is 5. The minimum Gasteiger partial charge on any atom is -0.341 e. The van der Waals surface area contributed by atoms with Gasteiger partial charge in [0.25, 0.3) is 0 Å². The number of fused-ring (bicyclic) bond motifs is 1. The Kier molecular flexibility index (Phi) is 3.80. The van der Waals surface area contributed by atoms with Crippen LogP contribution in [0.5, 0.6) is 0 Å². The highest BCUT2D eigenvalue weighted by Crippen LogP contribution is 2.31. The van der Waals surface area contributed by atoms with Crippen molar-refractivity contribution in [2.75, 3.05) is 0 Å². The zero-order valence-electron chi connectivity index (χ0n) is 12.3. The second kappa shape index (κ2) is 6.08. The lowest BCUT2D eigenvalue weighted by Crippen LogP contribution is -2.15. The number of nitrogens with zero attached hydrogens (tertiary/aromatic N) is 5. The molecule has 1 N–H and O–H groups in total. The highest BCUT2D eigenvalue weighted by atomic mass is 32.2. The fourth-order valence-corrected chi connectivity index (χ4v) is 3.86. The minimum absolute atomic E-state index is 0.460. The lowest BCUT2D eigenvalue weighted by atomic mass is 9.96. The number of thioether (sulfide) groups is 1. The van der Waals surface area contributed by atoms with Gasteiger partial charge in [0.2, 0.25) is 5.16 Å². The van der Waals surface area contributed by atoms with Gasteiger partial charge < -0.3 is 4.98 Å². The maximum atomic E-state index is 4.60. The molecular weight excluding hydrogens is 296 g/mol. The van der Waals surface area contributed by atoms with Crippen LogP contribution in [0.4, 0.5) is 0 Å². The second-order valence-corrected chi connectivity index (χ2v) is 6.63. The summed E-state index contributed by atoms with van der Waals surface area (Å²) in [5, 5.41) is 13.1. The number of rotatable bonds is 4. The first kappa shape index (κ1) is 13.8. The summed E-state index contributed by atoms with van der Waals surface area (Å²) in [5.74, 6) is 1.71. The van der Waals surface area contributed by atoms with Crippen molar-refractivity contribution < 1.29 is 0 Å². The second-order valence-electron chi connectivity index (χ2n) is 5.69. The molecule has 0 bridgehead atoms. The van der Waals surface area contributed by atoms with E-state index in [-0.39, 0.29) is 0 Å². The molecule has 2 aromatic heterocycles. The van der Waals surface area contributed by atoms with Gasteiger partial charge in [0.15, 0.2) is 0 Å². The molecule has 0 atom stereocenters. The molecule has 0 radical (unpaired) electrons. The van der Waals surface area contributed by atoms with Gasteiger partial charge in [-0.25, -0.2) is 9.67 Å². The topological polar surface area (TPSA) is 72.3 Å². The zero-order valence-corrected chi connectivity index (χ0v) is 13.1. The van der Waals surface area contributed by atoms with E-state index in [4.69, 9.17) is 0 Å². The molecule has 0 aliphatic heterocycles. The third-order valence-corrected chi connectivity index (χ3v) is 5.10. The Hall–Kier alpha value is -1.89. The van der Waals surface area contributed by atoms with Gasteiger partial charge in [-0.15, -0.1) is 5.10 Å². The molecule has 0 unspecified atom stereocenters. The van der Waals surface area contributed by atoms with Crippen LogP contribution in [0.3, 0.4) is 0 Å². The Morgan fingerprint density at radius 3 is 2.91 bits per heavy atom. The van der Waals surface area contributed by atoms with Crippen molar-refractivity contribution in [2.24, 2.45) is 0 Å². The van der Waals surface area contributed by atoms with E-state index < -0.39 is 0 Å². The predicted octanol–water partition coefficient (Wildman–Crippen LogP) is 3.35. The monoisotopic (exact) mass is 314 g/mol. The number of H-pyrrole nitrogens is 1. The van der Waals surface area contributed by atoms with Crippen molar-refractivity contribution in [2.45, 2.75) is 49.1 Å². The van der Waals surface area contributed by atoms with Crippen LogP contribution in [0.1, 0.15) is 44.0 Å². The molecule has 114 valence electrons. The lowest BCUT2D eigenvalue weighted by molar-refractivity contribution is 0.307. The van der Waals surface area contributed by atoms with E-state index in [0.717, 1.165) is 27.8 Å². The number of tetrazole rings is 1. The van der Waals surface area contributed by atoms with Gasteiger partial charge >= 0.3 is 0 Å². The fourth-order valence-electron chi connectivity index (χ4n) is 3.04. The van der Waals surface area contributed by atoms with Crippen LogP contribution in [0, 0.1) is 0 Å². The minimum atomic E-state index is 0.460. The van der Waals surface area contributed by atoms with E-state index in [0.29, 0.717) is 6.04 Å². The number of aromatic nitrogens is 6. The Labute approximate surface area is 132 Å². The van der Waals surface area contributed by atoms with Gasteiger partial charge in [0, 0.05) is 0 Å². The van der Waals surface area contributed by atoms with Crippen LogP contribution in [0.25, 0.3) is 11.0 Å². The average molecular weight is 314 g/mol. The molecule has 0 amide bonds. The van der Waals surface area contributed by atoms with Crippen molar-refractivity contribution in [1.82, 2.24) is 30.2 Å². The van der Waals surface area contributed by atoms with Crippen LogP contribution in [0.2, 0.25) is 0 Å². The van der Waals surface area contributed by atoms with Gasteiger partial charge in [-0.1, -0.05) is 43.2 Å². The molecule has 0 saturated heterocycles. The summed E-state index contributed by atoms with van der Waals surface area (Å²) in [6.07, 6.45) is 6.25. The number of nitrogens with one attached hydrogen (secondary N) is 1. The van der Waals surface area contributed by atoms with Gasteiger partial charge in [-0.2, -0.15) is 0 Å². The van der Waals surface area contributed by atoms with E-state index in [9.17, 15) is 0 Å². The van der Waals surface area contributed by atoms with E-state index in [2.05, 4.69) is 25.5 Å². The molecule has 4 rings (SSSR count). The molecule has 1 aromatic carbocycles. The average Bonchev–Trinajstić information content (AvgIpc) is 3.20. The maximum absolute atomic E-state index is 4.60. The molecule has 1 aliphatic rings. The third-order valence-electron chi connectivity index (χ3n) is 4.16. The van der Waals surface area contributed by atoms with Crippen LogP contribution >= 0.6 is 11.8 Å². The maximum Gasteiger partial charge on any atom is 0.210 e. The first-order valence-electron chi connectivity index (χ1n) is 7.74. The van der Waals surface area contributed by atoms with Crippen molar-refractivity contribution >= 4 is 22.8 Å². The molecule has 6 nitrogen and oxygen atoms in total. The molecule has 0 spiro atoms. The molecule has 7 heteroatoms. The van der Waals surface area contributed by atoms with E-state index >= 15 is 0 Å². The smallest absolute Gasteiger partial charge is 0.210 e. The molecule has 1 saturated carbocycles. The molecule has 2 heterocycles. The van der Waals surface area contributed by atoms with Gasteiger partial charge in [0.1, 0.15) is 5.82 Å². The summed E-state index contributed by atoms with van der Waals surface area (Å²) in [6.45, 7) is 0. The van der Waals surface area contributed by atoms with Crippen molar-refractivity contribution in [1.29, 1.82) is 0 Å². The van der Waals surface area contributed by atoms with Gasteiger partial charge in [0.05, 0.1) is 22.8 Å². The summed E-state index contributed by atoms with van der Waals surface area (Å²) in [5.41, 5.74) is 2.08. The Balaban J connectivity index is 1.48. The van der Waals surface area contributed by atoms with E-state index in [1.807, 2.05) is 28.9 Å². The van der Waals surface area contributed by atoms with Crippen molar-refractivity contribution in [3.63, 3.8) is 0 Å². The van der Waals surface area contributed by atoms with Crippen LogP contribution in [-0.4, -0.2) is 30.2 Å². The van der Waals surface area contributed by atoms with E-state index in [1.54, 1.807) is 11.8 Å². The first-order valence-corrected chi connectivity index (χ1v) is 8.73. The molecule has 1 aliphatic carbocycles. The predicted molar refractivity (Wildman–Crippen MR) is 85.6 cm³/mol. The number of hydrogen-bond donors (Lipinski definition) is 1. The third kappa shape index (κ3) is 2.72. The fraction of sp³-hybridized carbons (Fsp3) is 0.467. The zero-order chi connectivity index (χ0) is 14.8. The van der Waals surface area contributed by atoms with E-state index in [1.165, 1.54) is 32.1 Å². The SMILES string of the molecule is c1ccc2[nH]c(CSc3nnnn3C3CCCCC3)nc2c1. The Morgan fingerprint density at radius 1 is 1.18 bits per heavy atom. The lowest BCUT2D eigenvalue weighted by Gasteiger charge is -2.21. The molecule has 22 heavy (non-hydrogen) atoms. The van der Waals surface area contributed by atoms with Crippen molar-refractivity contribution in [3.05, 3.63) is 30.1 Å². The molecular formula is C15H18N6S. The highest BCUT2D eigenvalue weighted by molar-refractivity contribution is 7.98. The normalized spacial score (nSPS) is 16.4. The Morgan fingerprint density at radius 2 is 2.05 bits per heavy atom. The molecule has 3 aromatic rings. The summed E-state index contributed by atoms with van der Waals surface area (Å²) < 4.78 is 2.01. The Bertz CT molecular complexity index is 725. The van der Waals surface area contributed by atoms with Crippen LogP contribution < -0.4 is 0 Å². The number of para-hydroxylation sites is 2.